The third kappa shape index (κ3) is 2.02. The van der Waals surface area contributed by atoms with Crippen LogP contribution in [0.4, 0.5) is 5.69 Å². The Morgan fingerprint density at radius 3 is 3.10 bits per heavy atom. The number of benzene rings is 1. The Morgan fingerprint density at radius 1 is 1.60 bits per heavy atom. The number of nitrogens with two attached hydrogens (primary N) is 1. The van der Waals surface area contributed by atoms with Gasteiger partial charge in [0, 0.05) is 17.7 Å². The molecule has 1 saturated heterocycles. The van der Waals surface area contributed by atoms with E-state index in [1.165, 1.54) is 0 Å². The van der Waals surface area contributed by atoms with E-state index in [2.05, 4.69) is 15.5 Å². The van der Waals surface area contributed by atoms with Gasteiger partial charge in [0.1, 0.15) is 0 Å². The number of amides is 1. The second kappa shape index (κ2) is 4.49. The van der Waals surface area contributed by atoms with Gasteiger partial charge in [-0.05, 0) is 38.5 Å². The summed E-state index contributed by atoms with van der Waals surface area (Å²) in [6.45, 7) is 4.62. The normalized spacial score (nSPS) is 26.0. The largest absolute Gasteiger partial charge is 0.399 e. The van der Waals surface area contributed by atoms with Gasteiger partial charge in [-0.2, -0.15) is 5.10 Å². The highest BCUT2D eigenvalue weighted by Gasteiger charge is 2.39. The van der Waals surface area contributed by atoms with E-state index in [1.807, 2.05) is 19.9 Å². The molecule has 0 saturated carbocycles. The number of hydrogen-bond donors (Lipinski definition) is 3. The standard InChI is InChI=1S/C14H18N4O2/c1-8-14(2,5-6-20-8)16-13(19)12-10-7-9(15)3-4-11(10)17-18-12/h3-4,7-8H,5-6,15H2,1-2H3,(H,16,19)(H,17,18). The van der Waals surface area contributed by atoms with Crippen LogP contribution in [-0.4, -0.2) is 34.4 Å². The number of aromatic nitrogens is 2. The molecule has 2 atom stereocenters. The Morgan fingerprint density at radius 2 is 2.40 bits per heavy atom. The third-order valence-corrected chi connectivity index (χ3v) is 4.09. The number of H-pyrrole nitrogens is 1. The molecule has 6 nitrogen and oxygen atoms in total. The molecule has 20 heavy (non-hydrogen) atoms. The van der Waals surface area contributed by atoms with Crippen LogP contribution in [0.15, 0.2) is 18.2 Å². The lowest BCUT2D eigenvalue weighted by Crippen LogP contribution is -2.50. The molecule has 1 aliphatic heterocycles. The van der Waals surface area contributed by atoms with Crippen LogP contribution in [0.2, 0.25) is 0 Å². The summed E-state index contributed by atoms with van der Waals surface area (Å²) >= 11 is 0. The first-order valence-corrected chi connectivity index (χ1v) is 6.67. The van der Waals surface area contributed by atoms with Crippen LogP contribution in [0.3, 0.4) is 0 Å². The Kier molecular flexibility index (Phi) is 2.90. The number of nitrogens with one attached hydrogen (secondary N) is 2. The molecule has 1 fully saturated rings. The van der Waals surface area contributed by atoms with Crippen molar-refractivity contribution in [3.8, 4) is 0 Å². The number of carbonyl (C=O) groups is 1. The van der Waals surface area contributed by atoms with Crippen LogP contribution < -0.4 is 11.1 Å². The van der Waals surface area contributed by atoms with Gasteiger partial charge < -0.3 is 15.8 Å². The third-order valence-electron chi connectivity index (χ3n) is 4.09. The molecule has 2 heterocycles. The molecule has 1 aliphatic rings. The van der Waals surface area contributed by atoms with Crippen molar-refractivity contribution in [2.75, 3.05) is 12.3 Å². The molecule has 1 aromatic carbocycles. The topological polar surface area (TPSA) is 93.0 Å². The molecule has 0 radical (unpaired) electrons. The van der Waals surface area contributed by atoms with Crippen molar-refractivity contribution < 1.29 is 9.53 Å². The molecule has 4 N–H and O–H groups in total. The molecule has 0 aliphatic carbocycles. The quantitative estimate of drug-likeness (QED) is 0.722. The number of anilines is 1. The fourth-order valence-electron chi connectivity index (χ4n) is 2.52. The molecule has 106 valence electrons. The first kappa shape index (κ1) is 12.9. The zero-order valence-corrected chi connectivity index (χ0v) is 11.6. The summed E-state index contributed by atoms with van der Waals surface area (Å²) in [4.78, 5) is 12.4. The van der Waals surface area contributed by atoms with E-state index in [0.717, 1.165) is 17.3 Å². The minimum absolute atomic E-state index is 0.0123. The summed E-state index contributed by atoms with van der Waals surface area (Å²) in [5.41, 5.74) is 7.18. The second-order valence-corrected chi connectivity index (χ2v) is 5.51. The number of carbonyl (C=O) groups excluding carboxylic acids is 1. The van der Waals surface area contributed by atoms with E-state index in [0.29, 0.717) is 18.0 Å². The van der Waals surface area contributed by atoms with Crippen LogP contribution in [0.25, 0.3) is 10.9 Å². The maximum Gasteiger partial charge on any atom is 0.272 e. The van der Waals surface area contributed by atoms with Crippen molar-refractivity contribution >= 4 is 22.5 Å². The molecule has 1 aromatic heterocycles. The van der Waals surface area contributed by atoms with Gasteiger partial charge in [0.25, 0.3) is 5.91 Å². The van der Waals surface area contributed by atoms with Gasteiger partial charge in [-0.25, -0.2) is 0 Å². The van der Waals surface area contributed by atoms with E-state index in [-0.39, 0.29) is 17.6 Å². The Labute approximate surface area is 116 Å². The Hall–Kier alpha value is -2.08. The predicted molar refractivity (Wildman–Crippen MR) is 76.4 cm³/mol. The number of ether oxygens (including phenoxy) is 1. The fourth-order valence-corrected chi connectivity index (χ4v) is 2.52. The van der Waals surface area contributed by atoms with Gasteiger partial charge in [0.05, 0.1) is 17.2 Å². The first-order chi connectivity index (χ1) is 9.49. The smallest absolute Gasteiger partial charge is 0.272 e. The van der Waals surface area contributed by atoms with Gasteiger partial charge in [-0.15, -0.1) is 0 Å². The van der Waals surface area contributed by atoms with Crippen molar-refractivity contribution in [1.29, 1.82) is 0 Å². The van der Waals surface area contributed by atoms with Gasteiger partial charge in [0.15, 0.2) is 5.69 Å². The maximum absolute atomic E-state index is 12.4. The van der Waals surface area contributed by atoms with Crippen molar-refractivity contribution in [2.45, 2.75) is 31.9 Å². The highest BCUT2D eigenvalue weighted by Crippen LogP contribution is 2.26. The number of nitrogens with zero attached hydrogens (tertiary/aromatic N) is 1. The first-order valence-electron chi connectivity index (χ1n) is 6.67. The molecule has 0 bridgehead atoms. The summed E-state index contributed by atoms with van der Waals surface area (Å²) in [6.07, 6.45) is 0.784. The zero-order chi connectivity index (χ0) is 14.3. The molecule has 6 heteroatoms. The number of nitrogen functional groups attached to an aromatic ring is 1. The maximum atomic E-state index is 12.4. The summed E-state index contributed by atoms with van der Waals surface area (Å²) < 4.78 is 5.53. The highest BCUT2D eigenvalue weighted by molar-refractivity contribution is 6.05. The van der Waals surface area contributed by atoms with E-state index < -0.39 is 0 Å². The molecule has 2 aromatic rings. The summed E-state index contributed by atoms with van der Waals surface area (Å²) in [7, 11) is 0. The molecule has 3 rings (SSSR count). The number of fused-ring (bicyclic) bond motifs is 1. The SMILES string of the molecule is CC1OCCC1(C)NC(=O)c1n[nH]c2ccc(N)cc12. The Balaban J connectivity index is 1.91. The average molecular weight is 274 g/mol. The molecular weight excluding hydrogens is 256 g/mol. The summed E-state index contributed by atoms with van der Waals surface area (Å²) in [5, 5.41) is 10.7. The van der Waals surface area contributed by atoms with Crippen LogP contribution in [0.5, 0.6) is 0 Å². The van der Waals surface area contributed by atoms with Crippen molar-refractivity contribution in [1.82, 2.24) is 15.5 Å². The average Bonchev–Trinajstić information content (AvgIpc) is 2.94. The molecular formula is C14H18N4O2. The van der Waals surface area contributed by atoms with Gasteiger partial charge in [-0.3, -0.25) is 9.89 Å². The van der Waals surface area contributed by atoms with Crippen LogP contribution >= 0.6 is 0 Å². The van der Waals surface area contributed by atoms with Crippen LogP contribution in [0.1, 0.15) is 30.8 Å². The number of hydrogen-bond acceptors (Lipinski definition) is 4. The predicted octanol–water partition coefficient (Wildman–Crippen LogP) is 1.44. The van der Waals surface area contributed by atoms with E-state index in [9.17, 15) is 4.79 Å². The van der Waals surface area contributed by atoms with Crippen molar-refractivity contribution in [2.24, 2.45) is 0 Å². The monoisotopic (exact) mass is 274 g/mol. The lowest BCUT2D eigenvalue weighted by atomic mass is 9.94. The molecule has 2 unspecified atom stereocenters. The number of rotatable bonds is 2. The minimum Gasteiger partial charge on any atom is -0.399 e. The Bertz CT molecular complexity index is 666. The summed E-state index contributed by atoms with van der Waals surface area (Å²) in [5.74, 6) is -0.207. The van der Waals surface area contributed by atoms with Gasteiger partial charge in [0.2, 0.25) is 0 Å². The highest BCUT2D eigenvalue weighted by atomic mass is 16.5. The zero-order valence-electron chi connectivity index (χ0n) is 11.6. The summed E-state index contributed by atoms with van der Waals surface area (Å²) in [6, 6.07) is 5.35. The fraction of sp³-hybridized carbons (Fsp3) is 0.429. The van der Waals surface area contributed by atoms with Crippen LogP contribution in [0, 0.1) is 0 Å². The second-order valence-electron chi connectivity index (χ2n) is 5.51. The van der Waals surface area contributed by atoms with E-state index in [1.54, 1.807) is 12.1 Å². The molecule has 1 amide bonds. The molecule has 0 spiro atoms. The van der Waals surface area contributed by atoms with E-state index in [4.69, 9.17) is 10.5 Å². The van der Waals surface area contributed by atoms with Gasteiger partial charge >= 0.3 is 0 Å². The minimum atomic E-state index is -0.358. The lowest BCUT2D eigenvalue weighted by molar-refractivity contribution is 0.0725. The van der Waals surface area contributed by atoms with Crippen LogP contribution in [-0.2, 0) is 4.74 Å². The lowest BCUT2D eigenvalue weighted by Gasteiger charge is -2.28. The van der Waals surface area contributed by atoms with Crippen molar-refractivity contribution in [3.05, 3.63) is 23.9 Å². The van der Waals surface area contributed by atoms with Crippen molar-refractivity contribution in [3.63, 3.8) is 0 Å². The number of aromatic amines is 1. The van der Waals surface area contributed by atoms with Gasteiger partial charge in [-0.1, -0.05) is 0 Å². The van der Waals surface area contributed by atoms with E-state index >= 15 is 0 Å².